The van der Waals surface area contributed by atoms with Crippen molar-refractivity contribution >= 4 is 17.5 Å². The topological polar surface area (TPSA) is 83.8 Å². The zero-order chi connectivity index (χ0) is 19.4. The fourth-order valence-electron chi connectivity index (χ4n) is 4.19. The van der Waals surface area contributed by atoms with E-state index >= 15 is 0 Å². The van der Waals surface area contributed by atoms with Crippen LogP contribution in [0.3, 0.4) is 0 Å². The molecular formula is C20H27N3O4. The molecule has 7 nitrogen and oxygen atoms in total. The Kier molecular flexibility index (Phi) is 6.08. The summed E-state index contributed by atoms with van der Waals surface area (Å²) in [5.74, 6) is 0.526. The number of nitro groups is 1. The number of carbonyl (C=O) groups is 2. The summed E-state index contributed by atoms with van der Waals surface area (Å²) < 4.78 is 0. The summed E-state index contributed by atoms with van der Waals surface area (Å²) in [6.07, 6.45) is 6.60. The van der Waals surface area contributed by atoms with Gasteiger partial charge in [-0.3, -0.25) is 19.7 Å². The quantitative estimate of drug-likeness (QED) is 0.586. The van der Waals surface area contributed by atoms with Gasteiger partial charge in [-0.2, -0.15) is 0 Å². The molecule has 7 heteroatoms. The highest BCUT2D eigenvalue weighted by molar-refractivity contribution is 5.98. The second-order valence-corrected chi connectivity index (χ2v) is 7.59. The highest BCUT2D eigenvalue weighted by Crippen LogP contribution is 2.29. The molecule has 0 unspecified atom stereocenters. The monoisotopic (exact) mass is 373 g/mol. The Bertz CT molecular complexity index is 720. The lowest BCUT2D eigenvalue weighted by atomic mass is 10.0. The molecule has 1 aromatic carbocycles. The lowest BCUT2D eigenvalue weighted by Gasteiger charge is -2.35. The van der Waals surface area contributed by atoms with Crippen molar-refractivity contribution in [2.24, 2.45) is 5.92 Å². The van der Waals surface area contributed by atoms with Gasteiger partial charge in [-0.15, -0.1) is 0 Å². The van der Waals surface area contributed by atoms with Crippen molar-refractivity contribution < 1.29 is 14.5 Å². The molecule has 146 valence electrons. The van der Waals surface area contributed by atoms with Crippen LogP contribution in [0.5, 0.6) is 0 Å². The first-order valence-electron chi connectivity index (χ1n) is 9.78. The number of piperazine rings is 1. The number of hydrogen-bond donors (Lipinski definition) is 0. The third-order valence-corrected chi connectivity index (χ3v) is 5.81. The molecule has 0 radical (unpaired) electrons. The highest BCUT2D eigenvalue weighted by Gasteiger charge is 2.30. The van der Waals surface area contributed by atoms with Gasteiger partial charge in [0.1, 0.15) is 5.56 Å². The number of benzene rings is 1. The summed E-state index contributed by atoms with van der Waals surface area (Å²) in [6, 6.07) is 4.81. The second-order valence-electron chi connectivity index (χ2n) is 7.59. The van der Waals surface area contributed by atoms with E-state index in [1.807, 2.05) is 4.90 Å². The molecule has 2 amide bonds. The first-order valence-corrected chi connectivity index (χ1v) is 9.78. The van der Waals surface area contributed by atoms with Gasteiger partial charge in [-0.25, -0.2) is 0 Å². The summed E-state index contributed by atoms with van der Waals surface area (Å²) in [5.41, 5.74) is 0.477. The van der Waals surface area contributed by atoms with Gasteiger partial charge in [0.2, 0.25) is 5.91 Å². The Morgan fingerprint density at radius 2 is 1.74 bits per heavy atom. The zero-order valence-electron chi connectivity index (χ0n) is 15.9. The minimum Gasteiger partial charge on any atom is -0.339 e. The number of nitrogens with zero attached hydrogens (tertiary/aromatic N) is 3. The molecule has 1 aliphatic heterocycles. The average Bonchev–Trinajstić information content (AvgIpc) is 3.18. The molecule has 1 aliphatic carbocycles. The number of para-hydroxylation sites is 1. The van der Waals surface area contributed by atoms with E-state index in [0.29, 0.717) is 44.1 Å². The summed E-state index contributed by atoms with van der Waals surface area (Å²) in [4.78, 5) is 39.5. The van der Waals surface area contributed by atoms with Crippen LogP contribution < -0.4 is 0 Å². The third-order valence-electron chi connectivity index (χ3n) is 5.81. The molecule has 2 fully saturated rings. The number of amides is 2. The largest absolute Gasteiger partial charge is 0.339 e. The predicted molar refractivity (Wildman–Crippen MR) is 102 cm³/mol. The number of aryl methyl sites for hydroxylation is 1. The van der Waals surface area contributed by atoms with Crippen LogP contribution in [-0.2, 0) is 4.79 Å². The second kappa shape index (κ2) is 8.50. The molecule has 0 bridgehead atoms. The van der Waals surface area contributed by atoms with E-state index in [9.17, 15) is 19.7 Å². The smallest absolute Gasteiger partial charge is 0.285 e. The summed E-state index contributed by atoms with van der Waals surface area (Å²) >= 11 is 0. The maximum atomic E-state index is 12.8. The molecule has 3 rings (SSSR count). The third kappa shape index (κ3) is 4.46. The molecule has 0 atom stereocenters. The van der Waals surface area contributed by atoms with Gasteiger partial charge >= 0.3 is 0 Å². The molecule has 1 heterocycles. The minimum atomic E-state index is -0.495. The lowest BCUT2D eigenvalue weighted by Crippen LogP contribution is -2.50. The van der Waals surface area contributed by atoms with Crippen molar-refractivity contribution in [3.63, 3.8) is 0 Å². The Labute approximate surface area is 159 Å². The van der Waals surface area contributed by atoms with Crippen LogP contribution in [0.1, 0.15) is 54.4 Å². The van der Waals surface area contributed by atoms with Crippen molar-refractivity contribution in [1.29, 1.82) is 0 Å². The van der Waals surface area contributed by atoms with Crippen LogP contribution in [0.4, 0.5) is 5.69 Å². The van der Waals surface area contributed by atoms with Crippen LogP contribution in [0.25, 0.3) is 0 Å². The van der Waals surface area contributed by atoms with Crippen molar-refractivity contribution in [3.05, 3.63) is 39.4 Å². The zero-order valence-corrected chi connectivity index (χ0v) is 15.9. The van der Waals surface area contributed by atoms with Crippen molar-refractivity contribution in [1.82, 2.24) is 9.80 Å². The Hall–Kier alpha value is -2.44. The van der Waals surface area contributed by atoms with Gasteiger partial charge in [-0.05, 0) is 25.3 Å². The standard InChI is InChI=1S/C20H27N3O4/c1-15-5-4-8-17(19(15)23(26)27)20(25)22-13-11-21(12-14-22)18(24)10-9-16-6-2-3-7-16/h4-5,8,16H,2-3,6-7,9-14H2,1H3. The van der Waals surface area contributed by atoms with E-state index in [4.69, 9.17) is 0 Å². The van der Waals surface area contributed by atoms with E-state index < -0.39 is 4.92 Å². The average molecular weight is 373 g/mol. The van der Waals surface area contributed by atoms with Gasteiger partial charge in [0.15, 0.2) is 0 Å². The van der Waals surface area contributed by atoms with Crippen molar-refractivity contribution in [2.45, 2.75) is 45.4 Å². The molecule has 2 aliphatic rings. The van der Waals surface area contributed by atoms with Crippen LogP contribution in [0.2, 0.25) is 0 Å². The maximum Gasteiger partial charge on any atom is 0.285 e. The maximum absolute atomic E-state index is 12.8. The van der Waals surface area contributed by atoms with E-state index in [0.717, 1.165) is 6.42 Å². The predicted octanol–water partition coefficient (Wildman–Crippen LogP) is 3.16. The number of hydrogen-bond acceptors (Lipinski definition) is 4. The van der Waals surface area contributed by atoms with Crippen molar-refractivity contribution in [3.8, 4) is 0 Å². The van der Waals surface area contributed by atoms with Gasteiger partial charge in [0.05, 0.1) is 4.92 Å². The highest BCUT2D eigenvalue weighted by atomic mass is 16.6. The van der Waals surface area contributed by atoms with Crippen molar-refractivity contribution in [2.75, 3.05) is 26.2 Å². The molecule has 0 N–H and O–H groups in total. The molecule has 1 saturated heterocycles. The Balaban J connectivity index is 1.56. The SMILES string of the molecule is Cc1cccc(C(=O)N2CCN(C(=O)CCC3CCCC3)CC2)c1[N+](=O)[O-]. The first kappa shape index (κ1) is 19.3. The molecule has 1 aromatic rings. The van der Waals surface area contributed by atoms with E-state index in [1.54, 1.807) is 24.0 Å². The number of rotatable bonds is 5. The fraction of sp³-hybridized carbons (Fsp3) is 0.600. The summed E-state index contributed by atoms with van der Waals surface area (Å²) in [5, 5.41) is 11.3. The Morgan fingerprint density at radius 1 is 1.11 bits per heavy atom. The first-order chi connectivity index (χ1) is 13.0. The molecule has 0 aromatic heterocycles. The fourth-order valence-corrected chi connectivity index (χ4v) is 4.19. The summed E-state index contributed by atoms with van der Waals surface area (Å²) in [6.45, 7) is 3.46. The van der Waals surface area contributed by atoms with Gasteiger partial charge in [-0.1, -0.05) is 37.8 Å². The van der Waals surface area contributed by atoms with Crippen LogP contribution >= 0.6 is 0 Å². The van der Waals surface area contributed by atoms with E-state index in [1.165, 1.54) is 31.7 Å². The van der Waals surface area contributed by atoms with Gasteiger partial charge in [0, 0.05) is 38.2 Å². The van der Waals surface area contributed by atoms with E-state index in [2.05, 4.69) is 0 Å². The Morgan fingerprint density at radius 3 is 2.37 bits per heavy atom. The van der Waals surface area contributed by atoms with E-state index in [-0.39, 0.29) is 23.1 Å². The summed E-state index contributed by atoms with van der Waals surface area (Å²) in [7, 11) is 0. The molecule has 27 heavy (non-hydrogen) atoms. The molecule has 0 spiro atoms. The number of carbonyl (C=O) groups excluding carboxylic acids is 2. The van der Waals surface area contributed by atoms with Gasteiger partial charge < -0.3 is 9.80 Å². The lowest BCUT2D eigenvalue weighted by molar-refractivity contribution is -0.385. The van der Waals surface area contributed by atoms with Crippen LogP contribution in [-0.4, -0.2) is 52.7 Å². The van der Waals surface area contributed by atoms with Gasteiger partial charge in [0.25, 0.3) is 11.6 Å². The van der Waals surface area contributed by atoms with Crippen LogP contribution in [0.15, 0.2) is 18.2 Å². The molecule has 1 saturated carbocycles. The number of nitro benzene ring substituents is 1. The van der Waals surface area contributed by atoms with Crippen LogP contribution in [0, 0.1) is 23.0 Å². The minimum absolute atomic E-state index is 0.126. The molecular weight excluding hydrogens is 346 g/mol. The normalized spacial score (nSPS) is 18.0.